The smallest absolute Gasteiger partial charge is 0.141 e. The van der Waals surface area contributed by atoms with Gasteiger partial charge in [-0.3, -0.25) is 11.3 Å². The van der Waals surface area contributed by atoms with E-state index in [1.807, 2.05) is 31.2 Å². The summed E-state index contributed by atoms with van der Waals surface area (Å²) in [7, 11) is 0. The zero-order chi connectivity index (χ0) is 15.2. The van der Waals surface area contributed by atoms with Crippen LogP contribution in [0.1, 0.15) is 24.1 Å². The van der Waals surface area contributed by atoms with Gasteiger partial charge < -0.3 is 4.74 Å². The van der Waals surface area contributed by atoms with Crippen LogP contribution in [0.2, 0.25) is 5.02 Å². The fourth-order valence-electron chi connectivity index (χ4n) is 2.16. The Labute approximate surface area is 128 Å². The molecule has 2 rings (SSSR count). The van der Waals surface area contributed by atoms with E-state index in [-0.39, 0.29) is 11.1 Å². The lowest BCUT2D eigenvalue weighted by atomic mass is 9.99. The van der Waals surface area contributed by atoms with Gasteiger partial charge in [0.25, 0.3) is 0 Å². The summed E-state index contributed by atoms with van der Waals surface area (Å²) in [5, 5.41) is 0.117. The Balaban J connectivity index is 2.19. The fraction of sp³-hybridized carbons (Fsp3) is 0.250. The van der Waals surface area contributed by atoms with Crippen LogP contribution in [0, 0.1) is 5.82 Å². The van der Waals surface area contributed by atoms with Gasteiger partial charge in [0, 0.05) is 0 Å². The molecule has 112 valence electrons. The molecule has 2 aromatic rings. The van der Waals surface area contributed by atoms with Gasteiger partial charge in [-0.2, -0.15) is 0 Å². The van der Waals surface area contributed by atoms with Gasteiger partial charge in [0.1, 0.15) is 11.6 Å². The summed E-state index contributed by atoms with van der Waals surface area (Å²) in [6.45, 7) is 2.55. The van der Waals surface area contributed by atoms with Gasteiger partial charge in [-0.15, -0.1) is 0 Å². The number of nitrogens with one attached hydrogen (secondary N) is 1. The highest BCUT2D eigenvalue weighted by Crippen LogP contribution is 2.24. The molecule has 0 radical (unpaired) electrons. The van der Waals surface area contributed by atoms with E-state index in [4.69, 9.17) is 22.2 Å². The molecule has 0 aliphatic carbocycles. The molecule has 0 heterocycles. The summed E-state index contributed by atoms with van der Waals surface area (Å²) >= 11 is 5.81. The third-order valence-corrected chi connectivity index (χ3v) is 3.49. The van der Waals surface area contributed by atoms with Gasteiger partial charge in [0.2, 0.25) is 0 Å². The maximum atomic E-state index is 13.2. The molecule has 3 nitrogen and oxygen atoms in total. The standard InChI is InChI=1S/C16H18ClFN2O/c1-2-21-13-5-3-4-12(10-13)16(20-19)9-11-6-7-15(18)14(17)8-11/h3-8,10,16,20H,2,9,19H2,1H3. The first-order chi connectivity index (χ1) is 10.1. The van der Waals surface area contributed by atoms with Crippen LogP contribution in [-0.2, 0) is 6.42 Å². The zero-order valence-corrected chi connectivity index (χ0v) is 12.5. The normalized spacial score (nSPS) is 12.2. The Kier molecular flexibility index (Phi) is 5.56. The van der Waals surface area contributed by atoms with Crippen molar-refractivity contribution in [3.05, 3.63) is 64.4 Å². The van der Waals surface area contributed by atoms with Crippen LogP contribution in [0.25, 0.3) is 0 Å². The minimum atomic E-state index is -0.420. The average molecular weight is 309 g/mol. The zero-order valence-electron chi connectivity index (χ0n) is 11.8. The summed E-state index contributed by atoms with van der Waals surface area (Å²) in [5.41, 5.74) is 4.69. The molecule has 1 unspecified atom stereocenters. The highest BCUT2D eigenvalue weighted by molar-refractivity contribution is 6.30. The summed E-state index contributed by atoms with van der Waals surface area (Å²) in [5.74, 6) is 6.02. The number of hydrazine groups is 1. The lowest BCUT2D eigenvalue weighted by molar-refractivity contribution is 0.339. The molecular formula is C16H18ClFN2O. The van der Waals surface area contributed by atoms with E-state index in [0.29, 0.717) is 13.0 Å². The Morgan fingerprint density at radius 1 is 1.29 bits per heavy atom. The Morgan fingerprint density at radius 3 is 2.76 bits per heavy atom. The number of halogens is 2. The second kappa shape index (κ2) is 7.41. The maximum absolute atomic E-state index is 13.2. The van der Waals surface area contributed by atoms with Crippen LogP contribution in [0.4, 0.5) is 4.39 Å². The maximum Gasteiger partial charge on any atom is 0.141 e. The lowest BCUT2D eigenvalue weighted by Gasteiger charge is -2.17. The van der Waals surface area contributed by atoms with Gasteiger partial charge in [0.05, 0.1) is 17.7 Å². The highest BCUT2D eigenvalue weighted by Gasteiger charge is 2.12. The Bertz CT molecular complexity index is 607. The molecule has 5 heteroatoms. The topological polar surface area (TPSA) is 47.3 Å². The summed E-state index contributed by atoms with van der Waals surface area (Å²) in [4.78, 5) is 0. The Hall–Kier alpha value is -1.62. The molecule has 0 aliphatic heterocycles. The van der Waals surface area contributed by atoms with Gasteiger partial charge in [-0.25, -0.2) is 4.39 Å². The first-order valence-electron chi connectivity index (χ1n) is 6.77. The third kappa shape index (κ3) is 4.17. The van der Waals surface area contributed by atoms with Crippen molar-refractivity contribution in [3.63, 3.8) is 0 Å². The summed E-state index contributed by atoms with van der Waals surface area (Å²) in [6.07, 6.45) is 0.603. The van der Waals surface area contributed by atoms with Gasteiger partial charge in [-0.1, -0.05) is 29.8 Å². The Morgan fingerprint density at radius 2 is 2.10 bits per heavy atom. The SMILES string of the molecule is CCOc1cccc(C(Cc2ccc(F)c(Cl)c2)NN)c1. The number of benzene rings is 2. The van der Waals surface area contributed by atoms with E-state index in [1.54, 1.807) is 12.1 Å². The van der Waals surface area contributed by atoms with Crippen molar-refractivity contribution in [1.29, 1.82) is 0 Å². The van der Waals surface area contributed by atoms with E-state index in [1.165, 1.54) is 6.07 Å². The molecule has 3 N–H and O–H groups in total. The second-order valence-corrected chi connectivity index (χ2v) is 5.08. The molecule has 2 aromatic carbocycles. The first-order valence-corrected chi connectivity index (χ1v) is 7.14. The van der Waals surface area contributed by atoms with Crippen LogP contribution in [-0.4, -0.2) is 6.61 Å². The number of ether oxygens (including phenoxy) is 1. The number of rotatable bonds is 6. The molecule has 0 bridgehead atoms. The van der Waals surface area contributed by atoms with E-state index >= 15 is 0 Å². The van der Waals surface area contributed by atoms with Crippen molar-refractivity contribution >= 4 is 11.6 Å². The van der Waals surface area contributed by atoms with Crippen LogP contribution in [0.5, 0.6) is 5.75 Å². The van der Waals surface area contributed by atoms with Crippen LogP contribution in [0.15, 0.2) is 42.5 Å². The minimum absolute atomic E-state index is 0.105. The predicted molar refractivity (Wildman–Crippen MR) is 82.8 cm³/mol. The molecular weight excluding hydrogens is 291 g/mol. The van der Waals surface area contributed by atoms with E-state index in [2.05, 4.69) is 5.43 Å². The number of hydrogen-bond acceptors (Lipinski definition) is 3. The lowest BCUT2D eigenvalue weighted by Crippen LogP contribution is -2.29. The highest BCUT2D eigenvalue weighted by atomic mass is 35.5. The van der Waals surface area contributed by atoms with Crippen molar-refractivity contribution in [2.75, 3.05) is 6.61 Å². The first kappa shape index (κ1) is 15.8. The molecule has 21 heavy (non-hydrogen) atoms. The van der Waals surface area contributed by atoms with Crippen LogP contribution < -0.4 is 16.0 Å². The average Bonchev–Trinajstić information content (AvgIpc) is 2.49. The number of nitrogens with two attached hydrogens (primary N) is 1. The summed E-state index contributed by atoms with van der Waals surface area (Å²) < 4.78 is 18.7. The fourth-order valence-corrected chi connectivity index (χ4v) is 2.37. The molecule has 1 atom stereocenters. The van der Waals surface area contributed by atoms with E-state index in [0.717, 1.165) is 16.9 Å². The molecule has 0 spiro atoms. The molecule has 0 amide bonds. The molecule has 0 saturated carbocycles. The second-order valence-electron chi connectivity index (χ2n) is 4.68. The molecule has 0 saturated heterocycles. The van der Waals surface area contributed by atoms with Crippen molar-refractivity contribution in [1.82, 2.24) is 5.43 Å². The van der Waals surface area contributed by atoms with E-state index in [9.17, 15) is 4.39 Å². The minimum Gasteiger partial charge on any atom is -0.494 e. The van der Waals surface area contributed by atoms with Gasteiger partial charge in [0.15, 0.2) is 0 Å². The number of hydrogen-bond donors (Lipinski definition) is 2. The molecule has 0 aliphatic rings. The largest absolute Gasteiger partial charge is 0.494 e. The van der Waals surface area contributed by atoms with Crippen molar-refractivity contribution in [2.24, 2.45) is 5.84 Å². The monoisotopic (exact) mass is 308 g/mol. The van der Waals surface area contributed by atoms with Crippen LogP contribution in [0.3, 0.4) is 0 Å². The van der Waals surface area contributed by atoms with Crippen molar-refractivity contribution < 1.29 is 9.13 Å². The molecule has 0 fully saturated rings. The van der Waals surface area contributed by atoms with E-state index < -0.39 is 5.82 Å². The predicted octanol–water partition coefficient (Wildman–Crippen LogP) is 3.62. The van der Waals surface area contributed by atoms with Crippen LogP contribution >= 0.6 is 11.6 Å². The quantitative estimate of drug-likeness (QED) is 0.633. The third-order valence-electron chi connectivity index (χ3n) is 3.20. The van der Waals surface area contributed by atoms with Crippen molar-refractivity contribution in [3.8, 4) is 5.75 Å². The van der Waals surface area contributed by atoms with Gasteiger partial charge in [-0.05, 0) is 48.7 Å². The van der Waals surface area contributed by atoms with Gasteiger partial charge >= 0.3 is 0 Å². The molecule has 0 aromatic heterocycles. The van der Waals surface area contributed by atoms with Crippen molar-refractivity contribution in [2.45, 2.75) is 19.4 Å². The summed E-state index contributed by atoms with van der Waals surface area (Å²) in [6, 6.07) is 12.3.